The number of ether oxygens (including phenoxy) is 2. The van der Waals surface area contributed by atoms with E-state index in [1.807, 2.05) is 13.8 Å². The zero-order chi connectivity index (χ0) is 23.8. The summed E-state index contributed by atoms with van der Waals surface area (Å²) in [6.45, 7) is 4.19. The molecule has 0 bridgehead atoms. The maximum Gasteiger partial charge on any atom is 0.339 e. The summed E-state index contributed by atoms with van der Waals surface area (Å²) >= 11 is 0. The van der Waals surface area contributed by atoms with Crippen molar-refractivity contribution in [3.63, 3.8) is 0 Å². The van der Waals surface area contributed by atoms with Crippen LogP contribution in [0.5, 0.6) is 17.2 Å². The summed E-state index contributed by atoms with van der Waals surface area (Å²) in [6, 6.07) is 17.5. The van der Waals surface area contributed by atoms with Gasteiger partial charge in [-0.3, -0.25) is 4.79 Å². The molecule has 172 valence electrons. The highest BCUT2D eigenvalue weighted by Crippen LogP contribution is 2.28. The van der Waals surface area contributed by atoms with Gasteiger partial charge in [0.2, 0.25) is 0 Å². The molecule has 1 amide bonds. The van der Waals surface area contributed by atoms with E-state index >= 15 is 0 Å². The fourth-order valence-electron chi connectivity index (χ4n) is 2.84. The Hall–Kier alpha value is -3.85. The number of carbonyl (C=O) groups is 1. The molecule has 3 rings (SSSR count). The van der Waals surface area contributed by atoms with Crippen molar-refractivity contribution in [3.8, 4) is 17.2 Å². The Kier molecular flexibility index (Phi) is 7.68. The average molecular weight is 469 g/mol. The van der Waals surface area contributed by atoms with Crippen LogP contribution in [0.2, 0.25) is 0 Å². The molecule has 8 nitrogen and oxygen atoms in total. The predicted octanol–water partition coefficient (Wildman–Crippen LogP) is 3.93. The topological polar surface area (TPSA) is 103 Å². The summed E-state index contributed by atoms with van der Waals surface area (Å²) in [5, 5.41) is 3.94. The minimum Gasteiger partial charge on any atom is -0.493 e. The lowest BCUT2D eigenvalue weighted by molar-refractivity contribution is 0.0954. The normalized spacial score (nSPS) is 11.2. The SMILES string of the molecule is CCOc1ccc(C(=O)N/N=C/c2cccc(OS(=O)(=O)c3ccc(C)cc3)c2)cc1OC. The molecule has 0 aliphatic carbocycles. The van der Waals surface area contributed by atoms with Gasteiger partial charge in [0.1, 0.15) is 10.6 Å². The van der Waals surface area contributed by atoms with Crippen molar-refractivity contribution in [2.24, 2.45) is 5.10 Å². The molecule has 0 saturated heterocycles. The van der Waals surface area contributed by atoms with Crippen LogP contribution >= 0.6 is 0 Å². The summed E-state index contributed by atoms with van der Waals surface area (Å²) < 4.78 is 40.8. The van der Waals surface area contributed by atoms with Crippen LogP contribution in [0.1, 0.15) is 28.4 Å². The molecule has 33 heavy (non-hydrogen) atoms. The second kappa shape index (κ2) is 10.6. The average Bonchev–Trinajstić information content (AvgIpc) is 2.79. The molecule has 0 fully saturated rings. The molecule has 0 saturated carbocycles. The Morgan fingerprint density at radius 3 is 2.48 bits per heavy atom. The van der Waals surface area contributed by atoms with Gasteiger partial charge >= 0.3 is 10.1 Å². The summed E-state index contributed by atoms with van der Waals surface area (Å²) in [5.41, 5.74) is 4.25. The van der Waals surface area contributed by atoms with E-state index in [0.29, 0.717) is 29.2 Å². The Morgan fingerprint density at radius 1 is 1.03 bits per heavy atom. The van der Waals surface area contributed by atoms with E-state index < -0.39 is 16.0 Å². The molecule has 0 aliphatic rings. The number of amides is 1. The summed E-state index contributed by atoms with van der Waals surface area (Å²) in [4.78, 5) is 12.4. The summed E-state index contributed by atoms with van der Waals surface area (Å²) in [7, 11) is -2.48. The highest BCUT2D eigenvalue weighted by Gasteiger charge is 2.16. The standard InChI is InChI=1S/C24H24N2O6S/c1-4-31-22-13-10-19(15-23(22)30-3)24(27)26-25-16-18-6-5-7-20(14-18)32-33(28,29)21-11-8-17(2)9-12-21/h5-16H,4H2,1-3H3,(H,26,27)/b25-16+. The van der Waals surface area contributed by atoms with Crippen molar-refractivity contribution >= 4 is 22.2 Å². The molecule has 0 atom stereocenters. The minimum absolute atomic E-state index is 0.0604. The molecular formula is C24H24N2O6S. The first kappa shape index (κ1) is 23.8. The zero-order valence-corrected chi connectivity index (χ0v) is 19.3. The van der Waals surface area contributed by atoms with Gasteiger partial charge in [-0.25, -0.2) is 5.43 Å². The Bertz CT molecular complexity index is 1250. The number of benzene rings is 3. The van der Waals surface area contributed by atoms with Crippen molar-refractivity contribution in [2.75, 3.05) is 13.7 Å². The maximum atomic E-state index is 12.5. The molecule has 3 aromatic carbocycles. The zero-order valence-electron chi connectivity index (χ0n) is 18.4. The van der Waals surface area contributed by atoms with Gasteiger partial charge in [-0.05, 0) is 61.9 Å². The molecule has 0 aliphatic heterocycles. The van der Waals surface area contributed by atoms with Crippen molar-refractivity contribution in [2.45, 2.75) is 18.7 Å². The van der Waals surface area contributed by atoms with Gasteiger partial charge in [-0.15, -0.1) is 0 Å². The van der Waals surface area contributed by atoms with Gasteiger partial charge < -0.3 is 13.7 Å². The molecular weight excluding hydrogens is 444 g/mol. The Balaban J connectivity index is 1.67. The van der Waals surface area contributed by atoms with Gasteiger partial charge in [0.25, 0.3) is 5.91 Å². The first-order valence-electron chi connectivity index (χ1n) is 10.1. The van der Waals surface area contributed by atoms with Crippen LogP contribution in [0, 0.1) is 6.92 Å². The van der Waals surface area contributed by atoms with Gasteiger partial charge in [0.15, 0.2) is 11.5 Å². The van der Waals surface area contributed by atoms with Crippen molar-refractivity contribution in [1.29, 1.82) is 0 Å². The number of carbonyl (C=O) groups excluding carboxylic acids is 1. The molecule has 0 spiro atoms. The van der Waals surface area contributed by atoms with E-state index in [9.17, 15) is 13.2 Å². The van der Waals surface area contributed by atoms with Gasteiger partial charge in [0, 0.05) is 5.56 Å². The highest BCUT2D eigenvalue weighted by molar-refractivity contribution is 7.87. The number of rotatable bonds is 9. The largest absolute Gasteiger partial charge is 0.493 e. The third kappa shape index (κ3) is 6.33. The quantitative estimate of drug-likeness (QED) is 0.290. The number of hydrogen-bond donors (Lipinski definition) is 1. The number of hydrazone groups is 1. The van der Waals surface area contributed by atoms with Crippen LogP contribution in [-0.2, 0) is 10.1 Å². The van der Waals surface area contributed by atoms with Crippen molar-refractivity contribution in [1.82, 2.24) is 5.43 Å². The third-order valence-corrected chi connectivity index (χ3v) is 5.74. The molecule has 0 heterocycles. The fourth-order valence-corrected chi connectivity index (χ4v) is 3.76. The van der Waals surface area contributed by atoms with Crippen molar-refractivity contribution < 1.29 is 26.9 Å². The Labute approximate surface area is 192 Å². The van der Waals surface area contributed by atoms with Gasteiger partial charge in [-0.2, -0.15) is 13.5 Å². The van der Waals surface area contributed by atoms with Crippen LogP contribution in [0.3, 0.4) is 0 Å². The van der Waals surface area contributed by atoms with Crippen LogP contribution in [0.15, 0.2) is 76.7 Å². The van der Waals surface area contributed by atoms with E-state index in [1.54, 1.807) is 42.5 Å². The highest BCUT2D eigenvalue weighted by atomic mass is 32.2. The van der Waals surface area contributed by atoms with Crippen LogP contribution < -0.4 is 19.1 Å². The van der Waals surface area contributed by atoms with Gasteiger partial charge in [0.05, 0.1) is 19.9 Å². The third-order valence-electron chi connectivity index (χ3n) is 4.48. The fraction of sp³-hybridized carbons (Fsp3) is 0.167. The lowest BCUT2D eigenvalue weighted by atomic mass is 10.2. The lowest BCUT2D eigenvalue weighted by Crippen LogP contribution is -2.17. The maximum absolute atomic E-state index is 12.5. The van der Waals surface area contributed by atoms with Crippen LogP contribution in [0.4, 0.5) is 0 Å². The number of methoxy groups -OCH3 is 1. The number of aryl methyl sites for hydroxylation is 1. The number of nitrogens with zero attached hydrogens (tertiary/aromatic N) is 1. The minimum atomic E-state index is -3.97. The lowest BCUT2D eigenvalue weighted by Gasteiger charge is -2.10. The smallest absolute Gasteiger partial charge is 0.339 e. The van der Waals surface area contributed by atoms with Crippen LogP contribution in [0.25, 0.3) is 0 Å². The van der Waals surface area contributed by atoms with Crippen LogP contribution in [-0.4, -0.2) is 34.3 Å². The summed E-state index contributed by atoms with van der Waals surface area (Å²) in [6.07, 6.45) is 1.38. The Morgan fingerprint density at radius 2 is 1.79 bits per heavy atom. The second-order valence-corrected chi connectivity index (χ2v) is 8.47. The first-order valence-corrected chi connectivity index (χ1v) is 11.5. The summed E-state index contributed by atoms with van der Waals surface area (Å²) in [5.74, 6) is 0.662. The molecule has 0 radical (unpaired) electrons. The van der Waals surface area contributed by atoms with Gasteiger partial charge in [-0.1, -0.05) is 29.8 Å². The molecule has 0 unspecified atom stereocenters. The monoisotopic (exact) mass is 468 g/mol. The number of nitrogens with one attached hydrogen (secondary N) is 1. The van der Waals surface area contributed by atoms with E-state index in [2.05, 4.69) is 10.5 Å². The molecule has 9 heteroatoms. The first-order chi connectivity index (χ1) is 15.8. The van der Waals surface area contributed by atoms with E-state index in [4.69, 9.17) is 13.7 Å². The van der Waals surface area contributed by atoms with Crippen molar-refractivity contribution in [3.05, 3.63) is 83.4 Å². The van der Waals surface area contributed by atoms with E-state index in [1.165, 1.54) is 37.6 Å². The molecule has 3 aromatic rings. The predicted molar refractivity (Wildman–Crippen MR) is 125 cm³/mol. The molecule has 0 aromatic heterocycles. The second-order valence-electron chi connectivity index (χ2n) is 6.92. The van der Waals surface area contributed by atoms with E-state index in [0.717, 1.165) is 5.56 Å². The molecule has 1 N–H and O–H groups in total. The number of hydrogen-bond acceptors (Lipinski definition) is 7. The van der Waals surface area contributed by atoms with E-state index in [-0.39, 0.29) is 10.6 Å².